The van der Waals surface area contributed by atoms with E-state index in [0.29, 0.717) is 15.7 Å². The van der Waals surface area contributed by atoms with Gasteiger partial charge in [0.15, 0.2) is 0 Å². The van der Waals surface area contributed by atoms with Gasteiger partial charge < -0.3 is 5.32 Å². The maximum absolute atomic E-state index is 12.4. The average Bonchev–Trinajstić information content (AvgIpc) is 2.58. The fourth-order valence-corrected chi connectivity index (χ4v) is 3.03. The van der Waals surface area contributed by atoms with Crippen LogP contribution < -0.4 is 5.32 Å². The molecule has 3 aromatic carbocycles. The van der Waals surface area contributed by atoms with Gasteiger partial charge in [0.05, 0.1) is 0 Å². The molecule has 0 aliphatic rings. The monoisotopic (exact) mass is 366 g/mol. The minimum atomic E-state index is -0.520. The summed E-state index contributed by atoms with van der Waals surface area (Å²) < 4.78 is 0. The number of rotatable bonds is 3. The molecule has 0 aromatic heterocycles. The van der Waals surface area contributed by atoms with Gasteiger partial charge in [0.2, 0.25) is 0 Å². The zero-order chi connectivity index (χ0) is 17.8. The van der Waals surface area contributed by atoms with E-state index in [1.807, 2.05) is 48.5 Å². The van der Waals surface area contributed by atoms with Crippen LogP contribution in [0, 0.1) is 11.3 Å². The fourth-order valence-electron chi connectivity index (χ4n) is 2.50. The number of amides is 1. The Morgan fingerprint density at radius 1 is 1.00 bits per heavy atom. The Hall–Kier alpha value is -2.80. The van der Waals surface area contributed by atoms with Crippen LogP contribution in [0.15, 0.2) is 66.2 Å². The second kappa shape index (κ2) is 7.40. The van der Waals surface area contributed by atoms with Crippen LogP contribution in [0.2, 0.25) is 10.0 Å². The van der Waals surface area contributed by atoms with E-state index in [1.165, 1.54) is 0 Å². The molecular formula is C20H12Cl2N2O. The van der Waals surface area contributed by atoms with Gasteiger partial charge in [0.25, 0.3) is 5.91 Å². The molecule has 0 saturated heterocycles. The van der Waals surface area contributed by atoms with Crippen LogP contribution in [0.25, 0.3) is 16.8 Å². The molecule has 3 aromatic rings. The van der Waals surface area contributed by atoms with E-state index < -0.39 is 5.91 Å². The zero-order valence-corrected chi connectivity index (χ0v) is 14.5. The molecular weight excluding hydrogens is 355 g/mol. The highest BCUT2D eigenvalue weighted by Crippen LogP contribution is 2.24. The Labute approximate surface area is 155 Å². The third-order valence-corrected chi connectivity index (χ3v) is 4.05. The lowest BCUT2D eigenvalue weighted by Gasteiger charge is -2.06. The van der Waals surface area contributed by atoms with Crippen LogP contribution in [0.4, 0.5) is 5.69 Å². The van der Waals surface area contributed by atoms with Gasteiger partial charge in [-0.3, -0.25) is 4.79 Å². The maximum atomic E-state index is 12.4. The van der Waals surface area contributed by atoms with Gasteiger partial charge in [0, 0.05) is 15.7 Å². The molecule has 1 amide bonds. The minimum Gasteiger partial charge on any atom is -0.321 e. The normalized spacial score (nSPS) is 11.2. The van der Waals surface area contributed by atoms with Crippen molar-refractivity contribution >= 4 is 51.6 Å². The first-order valence-electron chi connectivity index (χ1n) is 7.44. The van der Waals surface area contributed by atoms with Crippen molar-refractivity contribution < 1.29 is 4.79 Å². The SMILES string of the molecule is N#CC(=Cc1cccc2ccccc12)C(=O)Nc1cc(Cl)cc(Cl)c1. The predicted octanol–water partition coefficient (Wildman–Crippen LogP) is 5.69. The summed E-state index contributed by atoms with van der Waals surface area (Å²) in [5.41, 5.74) is 1.22. The predicted molar refractivity (Wildman–Crippen MR) is 103 cm³/mol. The third-order valence-electron chi connectivity index (χ3n) is 3.61. The number of halogens is 2. The van der Waals surface area contributed by atoms with Gasteiger partial charge in [-0.25, -0.2) is 0 Å². The number of carbonyl (C=O) groups excluding carboxylic acids is 1. The molecule has 5 heteroatoms. The molecule has 1 N–H and O–H groups in total. The summed E-state index contributed by atoms with van der Waals surface area (Å²) in [5, 5.41) is 14.8. The van der Waals surface area contributed by atoms with Crippen molar-refractivity contribution in [2.45, 2.75) is 0 Å². The Kier molecular flexibility index (Phi) is 5.04. The van der Waals surface area contributed by atoms with E-state index in [4.69, 9.17) is 23.2 Å². The highest BCUT2D eigenvalue weighted by Gasteiger charge is 2.11. The van der Waals surface area contributed by atoms with Gasteiger partial charge in [-0.15, -0.1) is 0 Å². The third kappa shape index (κ3) is 4.00. The highest BCUT2D eigenvalue weighted by atomic mass is 35.5. The lowest BCUT2D eigenvalue weighted by molar-refractivity contribution is -0.112. The second-order valence-electron chi connectivity index (χ2n) is 5.35. The first kappa shape index (κ1) is 17.0. The molecule has 0 saturated carbocycles. The lowest BCUT2D eigenvalue weighted by atomic mass is 10.0. The Bertz CT molecular complexity index is 1010. The van der Waals surface area contributed by atoms with Crippen LogP contribution >= 0.6 is 23.2 Å². The number of anilines is 1. The molecule has 0 heterocycles. The van der Waals surface area contributed by atoms with Crippen molar-refractivity contribution in [3.05, 3.63) is 81.8 Å². The van der Waals surface area contributed by atoms with Crippen molar-refractivity contribution in [1.29, 1.82) is 5.26 Å². The summed E-state index contributed by atoms with van der Waals surface area (Å²) in [6.45, 7) is 0. The fraction of sp³-hybridized carbons (Fsp3) is 0. The molecule has 122 valence electrons. The van der Waals surface area contributed by atoms with Crippen LogP contribution in [0.5, 0.6) is 0 Å². The first-order chi connectivity index (χ1) is 12.1. The number of hydrogen-bond acceptors (Lipinski definition) is 2. The Morgan fingerprint density at radius 2 is 1.68 bits per heavy atom. The lowest BCUT2D eigenvalue weighted by Crippen LogP contribution is -2.13. The molecule has 0 bridgehead atoms. The topological polar surface area (TPSA) is 52.9 Å². The van der Waals surface area contributed by atoms with E-state index in [9.17, 15) is 10.1 Å². The Balaban J connectivity index is 1.94. The van der Waals surface area contributed by atoms with E-state index in [-0.39, 0.29) is 5.57 Å². The van der Waals surface area contributed by atoms with Gasteiger partial charge in [-0.05, 0) is 40.6 Å². The number of carbonyl (C=O) groups is 1. The number of benzene rings is 3. The summed E-state index contributed by atoms with van der Waals surface area (Å²) in [6.07, 6.45) is 1.57. The van der Waals surface area contributed by atoms with Gasteiger partial charge in [-0.2, -0.15) is 5.26 Å². The summed E-state index contributed by atoms with van der Waals surface area (Å²) in [6, 6.07) is 20.2. The van der Waals surface area contributed by atoms with Crippen molar-refractivity contribution in [2.24, 2.45) is 0 Å². The number of hydrogen-bond donors (Lipinski definition) is 1. The van der Waals surface area contributed by atoms with Gasteiger partial charge in [0.1, 0.15) is 11.6 Å². The summed E-state index contributed by atoms with van der Waals surface area (Å²) in [4.78, 5) is 12.4. The van der Waals surface area contributed by atoms with Gasteiger partial charge in [-0.1, -0.05) is 65.7 Å². The van der Waals surface area contributed by atoms with Crippen molar-refractivity contribution in [2.75, 3.05) is 5.32 Å². The van der Waals surface area contributed by atoms with Crippen LogP contribution in [-0.2, 0) is 4.79 Å². The van der Waals surface area contributed by atoms with Crippen molar-refractivity contribution in [1.82, 2.24) is 0 Å². The van der Waals surface area contributed by atoms with Crippen LogP contribution in [-0.4, -0.2) is 5.91 Å². The first-order valence-corrected chi connectivity index (χ1v) is 8.19. The van der Waals surface area contributed by atoms with Gasteiger partial charge >= 0.3 is 0 Å². The number of nitrogens with zero attached hydrogens (tertiary/aromatic N) is 1. The molecule has 3 rings (SSSR count). The molecule has 0 aliphatic carbocycles. The zero-order valence-electron chi connectivity index (χ0n) is 13.0. The second-order valence-corrected chi connectivity index (χ2v) is 6.22. The molecule has 3 nitrogen and oxygen atoms in total. The highest BCUT2D eigenvalue weighted by molar-refractivity contribution is 6.35. The molecule has 0 fully saturated rings. The van der Waals surface area contributed by atoms with Crippen LogP contribution in [0.1, 0.15) is 5.56 Å². The molecule has 0 atom stereocenters. The maximum Gasteiger partial charge on any atom is 0.266 e. The average molecular weight is 367 g/mol. The molecule has 0 unspecified atom stereocenters. The minimum absolute atomic E-state index is 0.00699. The number of nitriles is 1. The van der Waals surface area contributed by atoms with E-state index in [0.717, 1.165) is 16.3 Å². The Morgan fingerprint density at radius 3 is 2.40 bits per heavy atom. The quantitative estimate of drug-likeness (QED) is 0.477. The van der Waals surface area contributed by atoms with Crippen molar-refractivity contribution in [3.8, 4) is 6.07 Å². The summed E-state index contributed by atoms with van der Waals surface area (Å²) in [5.74, 6) is -0.520. The van der Waals surface area contributed by atoms with Crippen LogP contribution in [0.3, 0.4) is 0 Å². The number of fused-ring (bicyclic) bond motifs is 1. The molecule has 25 heavy (non-hydrogen) atoms. The number of nitrogens with one attached hydrogen (secondary N) is 1. The molecule has 0 aliphatic heterocycles. The molecule has 0 radical (unpaired) electrons. The van der Waals surface area contributed by atoms with E-state index >= 15 is 0 Å². The largest absolute Gasteiger partial charge is 0.321 e. The smallest absolute Gasteiger partial charge is 0.266 e. The van der Waals surface area contributed by atoms with Crippen molar-refractivity contribution in [3.63, 3.8) is 0 Å². The summed E-state index contributed by atoms with van der Waals surface area (Å²) >= 11 is 11.9. The molecule has 0 spiro atoms. The summed E-state index contributed by atoms with van der Waals surface area (Å²) in [7, 11) is 0. The van der Waals surface area contributed by atoms with E-state index in [1.54, 1.807) is 24.3 Å². The standard InChI is InChI=1S/C20H12Cl2N2O/c21-16-9-17(22)11-18(10-16)24-20(25)15(12-23)8-14-6-3-5-13-4-1-2-7-19(13)14/h1-11H,(H,24,25). The van der Waals surface area contributed by atoms with E-state index in [2.05, 4.69) is 5.32 Å².